The SMILES string of the molecule is Cc1nnsc1C(=O)N1CCC(CNS(=O)(=O)c2ccc(F)c(Cl)c2)CC1. The summed E-state index contributed by atoms with van der Waals surface area (Å²) in [6, 6.07) is 3.29. The normalized spacial score (nSPS) is 15.9. The second-order valence-corrected chi connectivity index (χ2v) is 9.28. The molecule has 3 rings (SSSR count). The van der Waals surface area contributed by atoms with Crippen LogP contribution in [0.5, 0.6) is 0 Å². The summed E-state index contributed by atoms with van der Waals surface area (Å²) in [6.07, 6.45) is 1.37. The van der Waals surface area contributed by atoms with Crippen LogP contribution in [0.2, 0.25) is 5.02 Å². The number of likely N-dealkylation sites (tertiary alicyclic amines) is 1. The first-order valence-corrected chi connectivity index (χ1v) is 10.9. The van der Waals surface area contributed by atoms with Crippen LogP contribution in [0.3, 0.4) is 0 Å². The molecule has 2 aromatic rings. The van der Waals surface area contributed by atoms with Gasteiger partial charge >= 0.3 is 0 Å². The molecule has 1 aromatic carbocycles. The van der Waals surface area contributed by atoms with Crippen LogP contribution in [-0.2, 0) is 10.0 Å². The number of carbonyl (C=O) groups excluding carboxylic acids is 1. The number of aryl methyl sites for hydroxylation is 1. The average Bonchev–Trinajstić information content (AvgIpc) is 3.08. The molecule has 0 atom stereocenters. The highest BCUT2D eigenvalue weighted by Crippen LogP contribution is 2.22. The third kappa shape index (κ3) is 4.63. The molecular weight excluding hydrogens is 415 g/mol. The van der Waals surface area contributed by atoms with E-state index in [4.69, 9.17) is 11.6 Å². The molecule has 0 bridgehead atoms. The number of amides is 1. The highest BCUT2D eigenvalue weighted by atomic mass is 35.5. The number of nitrogens with zero attached hydrogens (tertiary/aromatic N) is 3. The van der Waals surface area contributed by atoms with Gasteiger partial charge in [-0.05, 0) is 55.4 Å². The standard InChI is InChI=1S/C16H18ClFN4O3S2/c1-10-15(26-21-20-10)16(23)22-6-4-11(5-7-22)9-19-27(24,25)12-2-3-14(18)13(17)8-12/h2-3,8,11,19H,4-7,9H2,1H3. The zero-order valence-electron chi connectivity index (χ0n) is 14.5. The van der Waals surface area contributed by atoms with Gasteiger partial charge in [0.05, 0.1) is 15.6 Å². The zero-order chi connectivity index (χ0) is 19.6. The van der Waals surface area contributed by atoms with Crippen LogP contribution in [0.1, 0.15) is 28.2 Å². The summed E-state index contributed by atoms with van der Waals surface area (Å²) in [5, 5.41) is 3.62. The van der Waals surface area contributed by atoms with Crippen molar-refractivity contribution in [2.75, 3.05) is 19.6 Å². The Morgan fingerprint density at radius 2 is 2.11 bits per heavy atom. The largest absolute Gasteiger partial charge is 0.338 e. The van der Waals surface area contributed by atoms with E-state index >= 15 is 0 Å². The molecule has 0 radical (unpaired) electrons. The number of hydrogen-bond donors (Lipinski definition) is 1. The summed E-state index contributed by atoms with van der Waals surface area (Å²) in [4.78, 5) is 14.7. The van der Waals surface area contributed by atoms with Crippen LogP contribution < -0.4 is 4.72 Å². The summed E-state index contributed by atoms with van der Waals surface area (Å²) in [6.45, 7) is 3.09. The van der Waals surface area contributed by atoms with E-state index in [1.165, 1.54) is 6.07 Å². The molecule has 1 amide bonds. The number of piperidine rings is 1. The number of hydrogen-bond acceptors (Lipinski definition) is 6. The van der Waals surface area contributed by atoms with Crippen molar-refractivity contribution in [3.63, 3.8) is 0 Å². The van der Waals surface area contributed by atoms with E-state index in [2.05, 4.69) is 14.3 Å². The molecule has 1 N–H and O–H groups in total. The highest BCUT2D eigenvalue weighted by molar-refractivity contribution is 7.89. The van der Waals surface area contributed by atoms with Gasteiger partial charge in [-0.25, -0.2) is 17.5 Å². The third-order valence-electron chi connectivity index (χ3n) is 4.51. The maximum absolute atomic E-state index is 13.2. The number of carbonyl (C=O) groups is 1. The predicted octanol–water partition coefficient (Wildman–Crippen LogP) is 2.47. The van der Waals surface area contributed by atoms with Crippen molar-refractivity contribution in [2.45, 2.75) is 24.7 Å². The van der Waals surface area contributed by atoms with Crippen molar-refractivity contribution in [1.29, 1.82) is 0 Å². The van der Waals surface area contributed by atoms with E-state index in [0.717, 1.165) is 23.7 Å². The van der Waals surface area contributed by atoms with Gasteiger partial charge in [-0.15, -0.1) is 5.10 Å². The van der Waals surface area contributed by atoms with Gasteiger partial charge in [0.15, 0.2) is 0 Å². The topological polar surface area (TPSA) is 92.3 Å². The van der Waals surface area contributed by atoms with Crippen molar-refractivity contribution in [3.05, 3.63) is 39.6 Å². The fraction of sp³-hybridized carbons (Fsp3) is 0.438. The van der Waals surface area contributed by atoms with E-state index in [1.54, 1.807) is 11.8 Å². The van der Waals surface area contributed by atoms with Crippen molar-refractivity contribution < 1.29 is 17.6 Å². The molecule has 0 aliphatic carbocycles. The lowest BCUT2D eigenvalue weighted by molar-refractivity contribution is 0.0696. The van der Waals surface area contributed by atoms with Gasteiger partial charge in [0.25, 0.3) is 5.91 Å². The molecule has 1 fully saturated rings. The lowest BCUT2D eigenvalue weighted by atomic mass is 9.97. The van der Waals surface area contributed by atoms with E-state index in [-0.39, 0.29) is 28.3 Å². The van der Waals surface area contributed by atoms with Crippen LogP contribution in [0, 0.1) is 18.7 Å². The maximum Gasteiger partial charge on any atom is 0.267 e. The summed E-state index contributed by atoms with van der Waals surface area (Å²) in [5.74, 6) is -0.637. The first kappa shape index (κ1) is 20.1. The molecule has 2 heterocycles. The fourth-order valence-corrected chi connectivity index (χ4v) is 4.88. The molecule has 0 unspecified atom stereocenters. The Labute approximate surface area is 165 Å². The van der Waals surface area contributed by atoms with Crippen molar-refractivity contribution in [3.8, 4) is 0 Å². The average molecular weight is 433 g/mol. The highest BCUT2D eigenvalue weighted by Gasteiger charge is 2.27. The minimum absolute atomic E-state index is 0.0744. The summed E-state index contributed by atoms with van der Waals surface area (Å²) >= 11 is 6.74. The molecule has 11 heteroatoms. The second-order valence-electron chi connectivity index (χ2n) is 6.35. The van der Waals surface area contributed by atoms with Gasteiger partial charge in [0.2, 0.25) is 10.0 Å². The van der Waals surface area contributed by atoms with Gasteiger partial charge in [-0.2, -0.15) is 0 Å². The minimum Gasteiger partial charge on any atom is -0.338 e. The van der Waals surface area contributed by atoms with Gasteiger partial charge in [0.1, 0.15) is 10.7 Å². The molecule has 0 spiro atoms. The third-order valence-corrected chi connectivity index (χ3v) is 7.04. The Morgan fingerprint density at radius 3 is 2.70 bits per heavy atom. The molecule has 27 heavy (non-hydrogen) atoms. The zero-order valence-corrected chi connectivity index (χ0v) is 16.9. The van der Waals surface area contributed by atoms with Gasteiger partial charge in [-0.1, -0.05) is 16.1 Å². The lowest BCUT2D eigenvalue weighted by Gasteiger charge is -2.31. The molecule has 0 saturated carbocycles. The smallest absolute Gasteiger partial charge is 0.267 e. The molecule has 1 aliphatic heterocycles. The number of rotatable bonds is 5. The van der Waals surface area contributed by atoms with Crippen molar-refractivity contribution in [2.24, 2.45) is 5.92 Å². The van der Waals surface area contributed by atoms with Crippen LogP contribution in [-0.4, -0.2) is 48.4 Å². The summed E-state index contributed by atoms with van der Waals surface area (Å²) in [7, 11) is -3.77. The van der Waals surface area contributed by atoms with Crippen LogP contribution in [0.4, 0.5) is 4.39 Å². The Kier molecular flexibility index (Phi) is 6.09. The van der Waals surface area contributed by atoms with Crippen LogP contribution in [0.25, 0.3) is 0 Å². The molecule has 146 valence electrons. The predicted molar refractivity (Wildman–Crippen MR) is 99.9 cm³/mol. The Hall–Kier alpha value is -1.62. The molecule has 7 nitrogen and oxygen atoms in total. The first-order valence-electron chi connectivity index (χ1n) is 8.31. The van der Waals surface area contributed by atoms with Crippen LogP contribution >= 0.6 is 23.1 Å². The van der Waals surface area contributed by atoms with E-state index in [1.807, 2.05) is 0 Å². The van der Waals surface area contributed by atoms with Crippen LogP contribution in [0.15, 0.2) is 23.1 Å². The van der Waals surface area contributed by atoms with E-state index in [0.29, 0.717) is 36.5 Å². The quantitative estimate of drug-likeness (QED) is 0.783. The molecule has 1 aromatic heterocycles. The maximum atomic E-state index is 13.2. The lowest BCUT2D eigenvalue weighted by Crippen LogP contribution is -2.41. The number of sulfonamides is 1. The number of halogens is 2. The Morgan fingerprint density at radius 1 is 1.41 bits per heavy atom. The van der Waals surface area contributed by atoms with E-state index in [9.17, 15) is 17.6 Å². The second kappa shape index (κ2) is 8.17. The summed E-state index contributed by atoms with van der Waals surface area (Å²) < 4.78 is 44.2. The Balaban J connectivity index is 1.54. The van der Waals surface area contributed by atoms with Crippen molar-refractivity contribution >= 4 is 39.1 Å². The number of aromatic nitrogens is 2. The fourth-order valence-electron chi connectivity index (χ4n) is 2.87. The molecular formula is C16H18ClFN4O3S2. The monoisotopic (exact) mass is 432 g/mol. The van der Waals surface area contributed by atoms with E-state index < -0.39 is 15.8 Å². The van der Waals surface area contributed by atoms with Gasteiger partial charge in [0, 0.05) is 19.6 Å². The van der Waals surface area contributed by atoms with Crippen molar-refractivity contribution in [1.82, 2.24) is 19.2 Å². The first-order chi connectivity index (χ1) is 12.8. The summed E-state index contributed by atoms with van der Waals surface area (Å²) in [5.41, 5.74) is 0.623. The molecule has 1 aliphatic rings. The molecule has 1 saturated heterocycles. The Bertz CT molecular complexity index is 943. The van der Waals surface area contributed by atoms with Gasteiger partial charge in [-0.3, -0.25) is 4.79 Å². The number of benzene rings is 1. The minimum atomic E-state index is -3.77. The van der Waals surface area contributed by atoms with Gasteiger partial charge < -0.3 is 4.90 Å². The number of nitrogens with one attached hydrogen (secondary N) is 1.